The Morgan fingerprint density at radius 3 is 2.38 bits per heavy atom. The molecule has 0 spiro atoms. The number of amides is 2. The molecule has 1 aromatic carbocycles. The predicted molar refractivity (Wildman–Crippen MR) is 146 cm³/mol. The summed E-state index contributed by atoms with van der Waals surface area (Å²) in [6.07, 6.45) is 7.84. The number of benzene rings is 1. The van der Waals surface area contributed by atoms with E-state index in [-0.39, 0.29) is 41.1 Å². The number of fused-ring (bicyclic) bond motifs is 3. The van der Waals surface area contributed by atoms with Crippen LogP contribution in [0.4, 0.5) is 5.82 Å². The highest BCUT2D eigenvalue weighted by molar-refractivity contribution is 5.99. The van der Waals surface area contributed by atoms with Gasteiger partial charge in [-0.25, -0.2) is 9.97 Å². The molecule has 3 atom stereocenters. The van der Waals surface area contributed by atoms with Gasteiger partial charge in [-0.2, -0.15) is 9.61 Å². The first kappa shape index (κ1) is 23.9. The van der Waals surface area contributed by atoms with E-state index in [0.29, 0.717) is 24.2 Å². The highest BCUT2D eigenvalue weighted by Gasteiger charge is 2.46. The lowest BCUT2D eigenvalue weighted by atomic mass is 9.85. The molecule has 0 unspecified atom stereocenters. The lowest BCUT2D eigenvalue weighted by Crippen LogP contribution is -2.46. The Balaban J connectivity index is 1.26. The summed E-state index contributed by atoms with van der Waals surface area (Å²) >= 11 is 0. The molecule has 2 aliphatic rings. The van der Waals surface area contributed by atoms with E-state index in [1.54, 1.807) is 12.4 Å². The maximum Gasteiger partial charge on any atom is 0.294 e. The topological polar surface area (TPSA) is 174 Å². The number of rotatable bonds is 5. The van der Waals surface area contributed by atoms with Crippen molar-refractivity contribution in [1.29, 1.82) is 0 Å². The number of primary amides is 1. The van der Waals surface area contributed by atoms with Gasteiger partial charge in [0.25, 0.3) is 11.8 Å². The minimum atomic E-state index is -0.653. The number of aromatic amines is 1. The van der Waals surface area contributed by atoms with Gasteiger partial charge in [-0.15, -0.1) is 5.10 Å². The van der Waals surface area contributed by atoms with Crippen molar-refractivity contribution >= 4 is 23.3 Å². The number of nitrogens with two attached hydrogens (primary N) is 2. The number of nitrogen functional groups attached to an aromatic ring is 1. The van der Waals surface area contributed by atoms with Crippen molar-refractivity contribution in [1.82, 2.24) is 39.7 Å². The average Bonchev–Trinajstić information content (AvgIpc) is 3.71. The summed E-state index contributed by atoms with van der Waals surface area (Å²) in [5, 5.41) is 11.0. The van der Waals surface area contributed by atoms with Crippen LogP contribution in [-0.4, -0.2) is 63.6 Å². The first-order valence-corrected chi connectivity index (χ1v) is 13.2. The van der Waals surface area contributed by atoms with Crippen LogP contribution in [0.3, 0.4) is 0 Å². The number of nitrogens with one attached hydrogen (secondary N) is 1. The number of carbonyl (C=O) groups is 2. The van der Waals surface area contributed by atoms with Crippen molar-refractivity contribution in [2.24, 2.45) is 5.73 Å². The molecule has 2 fully saturated rings. The molecule has 0 saturated carbocycles. The fraction of sp³-hybridized carbons (Fsp3) is 0.250. The Labute approximate surface area is 228 Å². The minimum Gasteiger partial charge on any atom is -0.383 e. The van der Waals surface area contributed by atoms with E-state index in [1.165, 1.54) is 10.8 Å². The van der Waals surface area contributed by atoms with Crippen LogP contribution in [-0.2, 0) is 0 Å². The molecule has 0 aliphatic carbocycles. The molecule has 6 heterocycles. The number of hydrogen-bond donors (Lipinski definition) is 3. The number of H-pyrrole nitrogens is 1. The molecule has 2 saturated heterocycles. The van der Waals surface area contributed by atoms with Crippen LogP contribution in [0.2, 0.25) is 0 Å². The number of nitrogens with zero attached hydrogens (tertiary/aromatic N) is 7. The Morgan fingerprint density at radius 1 is 0.950 bits per heavy atom. The van der Waals surface area contributed by atoms with Crippen LogP contribution in [0.1, 0.15) is 58.3 Å². The van der Waals surface area contributed by atoms with E-state index in [1.807, 2.05) is 47.4 Å². The molecule has 5 aromatic rings. The molecular weight excluding hydrogens is 508 g/mol. The maximum atomic E-state index is 13.1. The molecule has 2 amide bonds. The predicted octanol–water partition coefficient (Wildman–Crippen LogP) is 2.81. The molecule has 4 aromatic heterocycles. The summed E-state index contributed by atoms with van der Waals surface area (Å²) in [5.41, 5.74) is 17.0. The lowest BCUT2D eigenvalue weighted by Gasteiger charge is -2.38. The highest BCUT2D eigenvalue weighted by atomic mass is 16.2. The first-order valence-electron chi connectivity index (χ1n) is 13.2. The molecule has 12 heteroatoms. The SMILES string of the molecule is NC(=O)c1c([C@@H]2C[C@H]3CC[C@@H](C2)N3C(=O)c2nc[nH]n2)nc2c(-c3ccc(-c4ccccc4)nc3)cnn2c1N. The standard InChI is InChI=1S/C28H26N10O2/c29-24-22(25(30)39)23(17-10-18-7-8-19(11-17)37(18)28(40)26-32-14-33-36-26)35-27-20(13-34-38(24)27)16-6-9-21(31-12-16)15-4-2-1-3-5-15/h1-6,9,12-14,17-19H,7-8,10-11,29H2,(H2,30,39)(H,32,33,36)/t17-,18-,19+. The van der Waals surface area contributed by atoms with Crippen LogP contribution in [0, 0.1) is 0 Å². The Bertz CT molecular complexity index is 1720. The third kappa shape index (κ3) is 3.79. The van der Waals surface area contributed by atoms with Gasteiger partial charge in [0.2, 0.25) is 5.82 Å². The molecule has 12 nitrogen and oxygen atoms in total. The van der Waals surface area contributed by atoms with Crippen LogP contribution in [0.15, 0.2) is 61.2 Å². The van der Waals surface area contributed by atoms with Gasteiger partial charge in [0, 0.05) is 40.9 Å². The van der Waals surface area contributed by atoms with Gasteiger partial charge in [0.05, 0.1) is 17.6 Å². The highest BCUT2D eigenvalue weighted by Crippen LogP contribution is 2.44. The normalized spacial score (nSPS) is 20.2. The fourth-order valence-electron chi connectivity index (χ4n) is 6.28. The van der Waals surface area contributed by atoms with Gasteiger partial charge in [-0.3, -0.25) is 19.7 Å². The van der Waals surface area contributed by atoms with Crippen molar-refractivity contribution in [2.75, 3.05) is 5.73 Å². The molecule has 2 bridgehead atoms. The van der Waals surface area contributed by atoms with E-state index in [0.717, 1.165) is 35.2 Å². The van der Waals surface area contributed by atoms with E-state index in [9.17, 15) is 9.59 Å². The Hall–Kier alpha value is -5.13. The molecule has 7 rings (SSSR count). The van der Waals surface area contributed by atoms with Crippen LogP contribution in [0.5, 0.6) is 0 Å². The summed E-state index contributed by atoms with van der Waals surface area (Å²) in [7, 11) is 0. The van der Waals surface area contributed by atoms with Crippen LogP contribution in [0.25, 0.3) is 28.0 Å². The molecule has 0 radical (unpaired) electrons. The molecule has 2 aliphatic heterocycles. The van der Waals surface area contributed by atoms with Crippen molar-refractivity contribution < 1.29 is 9.59 Å². The number of aromatic nitrogens is 7. The number of piperidine rings is 1. The van der Waals surface area contributed by atoms with Gasteiger partial charge in [0.1, 0.15) is 17.7 Å². The number of hydrogen-bond acceptors (Lipinski definition) is 8. The van der Waals surface area contributed by atoms with Gasteiger partial charge in [-0.1, -0.05) is 36.4 Å². The lowest BCUT2D eigenvalue weighted by molar-refractivity contribution is 0.0556. The summed E-state index contributed by atoms with van der Waals surface area (Å²) in [6.45, 7) is 0. The number of anilines is 1. The zero-order valence-corrected chi connectivity index (χ0v) is 21.4. The average molecular weight is 535 g/mol. The van der Waals surface area contributed by atoms with Crippen molar-refractivity contribution in [2.45, 2.75) is 43.7 Å². The largest absolute Gasteiger partial charge is 0.383 e. The van der Waals surface area contributed by atoms with Gasteiger partial charge >= 0.3 is 0 Å². The molecule has 40 heavy (non-hydrogen) atoms. The van der Waals surface area contributed by atoms with Crippen molar-refractivity contribution in [3.8, 4) is 22.4 Å². The van der Waals surface area contributed by atoms with E-state index in [4.69, 9.17) is 16.5 Å². The monoisotopic (exact) mass is 534 g/mol. The fourth-order valence-corrected chi connectivity index (χ4v) is 6.28. The molecule has 5 N–H and O–H groups in total. The number of carbonyl (C=O) groups excluding carboxylic acids is 2. The van der Waals surface area contributed by atoms with E-state index >= 15 is 0 Å². The van der Waals surface area contributed by atoms with Gasteiger partial charge < -0.3 is 16.4 Å². The first-order chi connectivity index (χ1) is 19.5. The zero-order chi connectivity index (χ0) is 27.4. The van der Waals surface area contributed by atoms with E-state index < -0.39 is 5.91 Å². The van der Waals surface area contributed by atoms with Crippen molar-refractivity contribution in [3.05, 3.63) is 78.3 Å². The summed E-state index contributed by atoms with van der Waals surface area (Å²) in [5.74, 6) is -0.633. The second kappa shape index (κ2) is 9.26. The summed E-state index contributed by atoms with van der Waals surface area (Å²) < 4.78 is 1.46. The quantitative estimate of drug-likeness (QED) is 0.308. The third-order valence-corrected chi connectivity index (χ3v) is 8.06. The van der Waals surface area contributed by atoms with Crippen molar-refractivity contribution in [3.63, 3.8) is 0 Å². The zero-order valence-electron chi connectivity index (χ0n) is 21.4. The van der Waals surface area contributed by atoms with Crippen LogP contribution < -0.4 is 11.5 Å². The maximum absolute atomic E-state index is 13.1. The van der Waals surface area contributed by atoms with Gasteiger partial charge in [-0.05, 0) is 31.7 Å². The minimum absolute atomic E-state index is 0.0196. The summed E-state index contributed by atoms with van der Waals surface area (Å²) in [6, 6.07) is 13.8. The molecular formula is C28H26N10O2. The number of pyridine rings is 1. The second-order valence-corrected chi connectivity index (χ2v) is 10.3. The smallest absolute Gasteiger partial charge is 0.294 e. The summed E-state index contributed by atoms with van der Waals surface area (Å²) in [4.78, 5) is 41.3. The Kier molecular flexibility index (Phi) is 5.54. The third-order valence-electron chi connectivity index (χ3n) is 8.06. The van der Waals surface area contributed by atoms with Gasteiger partial charge in [0.15, 0.2) is 5.65 Å². The van der Waals surface area contributed by atoms with E-state index in [2.05, 4.69) is 25.3 Å². The molecule has 200 valence electrons. The second-order valence-electron chi connectivity index (χ2n) is 10.3. The Morgan fingerprint density at radius 2 is 1.73 bits per heavy atom. The van der Waals surface area contributed by atoms with Crippen LogP contribution >= 0.6 is 0 Å².